The zero-order valence-electron chi connectivity index (χ0n) is 14.9. The second-order valence-corrected chi connectivity index (χ2v) is 8.84. The van der Waals surface area contributed by atoms with Gasteiger partial charge in [0.05, 0.1) is 6.04 Å². The lowest BCUT2D eigenvalue weighted by atomic mass is 10.0. The lowest BCUT2D eigenvalue weighted by molar-refractivity contribution is -0.131. The summed E-state index contributed by atoms with van der Waals surface area (Å²) < 4.78 is 0. The summed E-state index contributed by atoms with van der Waals surface area (Å²) in [5.74, 6) is 0.119. The van der Waals surface area contributed by atoms with E-state index >= 15 is 0 Å². The molecule has 7 heteroatoms. The minimum atomic E-state index is -0.0686. The van der Waals surface area contributed by atoms with E-state index in [1.807, 2.05) is 9.80 Å². The number of carbonyl (C=O) groups is 2. The third-order valence-electron chi connectivity index (χ3n) is 5.31. The molecule has 138 valence electrons. The summed E-state index contributed by atoms with van der Waals surface area (Å²) in [6, 6.07) is 4.25. The van der Waals surface area contributed by atoms with Crippen molar-refractivity contribution in [1.82, 2.24) is 15.1 Å². The molecule has 2 aromatic heterocycles. The van der Waals surface area contributed by atoms with Gasteiger partial charge in [0.25, 0.3) is 0 Å². The summed E-state index contributed by atoms with van der Waals surface area (Å²) in [6.07, 6.45) is 2.22. The SMILES string of the molecule is C[C@@H]1c2ccsc2CCN1C(=O)NCCC(=O)N1CCc2sccc2C1. The highest BCUT2D eigenvalue weighted by Crippen LogP contribution is 2.32. The van der Waals surface area contributed by atoms with Crippen LogP contribution in [0.4, 0.5) is 4.79 Å². The highest BCUT2D eigenvalue weighted by molar-refractivity contribution is 7.10. The molecular weight excluding hydrogens is 366 g/mol. The smallest absolute Gasteiger partial charge is 0.317 e. The van der Waals surface area contributed by atoms with Crippen molar-refractivity contribution in [2.45, 2.75) is 38.8 Å². The molecule has 0 bridgehead atoms. The molecule has 0 spiro atoms. The Bertz CT molecular complexity index is 813. The third kappa shape index (κ3) is 3.38. The van der Waals surface area contributed by atoms with Crippen LogP contribution in [-0.2, 0) is 24.2 Å². The lowest BCUT2D eigenvalue weighted by Crippen LogP contribution is -2.45. The fourth-order valence-electron chi connectivity index (χ4n) is 3.78. The van der Waals surface area contributed by atoms with Crippen molar-refractivity contribution in [1.29, 1.82) is 0 Å². The van der Waals surface area contributed by atoms with Crippen LogP contribution in [0.15, 0.2) is 22.9 Å². The van der Waals surface area contributed by atoms with Crippen molar-refractivity contribution in [3.8, 4) is 0 Å². The molecule has 5 nitrogen and oxygen atoms in total. The number of urea groups is 1. The lowest BCUT2D eigenvalue weighted by Gasteiger charge is -2.33. The number of fused-ring (bicyclic) bond motifs is 2. The number of rotatable bonds is 3. The topological polar surface area (TPSA) is 52.7 Å². The van der Waals surface area contributed by atoms with Crippen LogP contribution in [0.2, 0.25) is 0 Å². The average molecular weight is 390 g/mol. The maximum atomic E-state index is 12.5. The van der Waals surface area contributed by atoms with Gasteiger partial charge in [0, 0.05) is 42.4 Å². The average Bonchev–Trinajstić information content (AvgIpc) is 3.30. The van der Waals surface area contributed by atoms with Gasteiger partial charge in [-0.3, -0.25) is 4.79 Å². The third-order valence-corrected chi connectivity index (χ3v) is 7.33. The van der Waals surface area contributed by atoms with Gasteiger partial charge in [-0.05, 0) is 53.8 Å². The molecule has 26 heavy (non-hydrogen) atoms. The number of hydrogen-bond donors (Lipinski definition) is 1. The van der Waals surface area contributed by atoms with Gasteiger partial charge < -0.3 is 15.1 Å². The van der Waals surface area contributed by atoms with Gasteiger partial charge in [0.15, 0.2) is 0 Å². The Morgan fingerprint density at radius 1 is 1.15 bits per heavy atom. The second kappa shape index (κ2) is 7.40. The first-order chi connectivity index (χ1) is 12.6. The van der Waals surface area contributed by atoms with Gasteiger partial charge in [-0.1, -0.05) is 0 Å². The van der Waals surface area contributed by atoms with Crippen molar-refractivity contribution in [3.63, 3.8) is 0 Å². The van der Waals surface area contributed by atoms with Gasteiger partial charge >= 0.3 is 6.03 Å². The van der Waals surface area contributed by atoms with Gasteiger partial charge in [0.1, 0.15) is 0 Å². The van der Waals surface area contributed by atoms with Gasteiger partial charge in [-0.2, -0.15) is 0 Å². The van der Waals surface area contributed by atoms with Crippen LogP contribution in [0.5, 0.6) is 0 Å². The number of nitrogens with one attached hydrogen (secondary N) is 1. The van der Waals surface area contributed by atoms with E-state index in [1.54, 1.807) is 22.7 Å². The molecule has 0 unspecified atom stereocenters. The molecule has 2 aliphatic rings. The largest absolute Gasteiger partial charge is 0.338 e. The highest BCUT2D eigenvalue weighted by atomic mass is 32.1. The van der Waals surface area contributed by atoms with E-state index in [0.29, 0.717) is 19.5 Å². The normalized spacial score (nSPS) is 19.0. The molecule has 4 rings (SSSR count). The molecule has 1 N–H and O–H groups in total. The summed E-state index contributed by atoms with van der Waals surface area (Å²) in [4.78, 5) is 31.5. The summed E-state index contributed by atoms with van der Waals surface area (Å²) >= 11 is 3.54. The molecule has 0 fully saturated rings. The van der Waals surface area contributed by atoms with E-state index in [4.69, 9.17) is 0 Å². The van der Waals surface area contributed by atoms with Crippen molar-refractivity contribution in [2.24, 2.45) is 0 Å². The predicted molar refractivity (Wildman–Crippen MR) is 105 cm³/mol. The molecule has 2 aliphatic heterocycles. The zero-order chi connectivity index (χ0) is 18.1. The van der Waals surface area contributed by atoms with E-state index in [0.717, 1.165) is 25.9 Å². The molecule has 0 saturated heterocycles. The van der Waals surface area contributed by atoms with E-state index < -0.39 is 0 Å². The number of amides is 3. The summed E-state index contributed by atoms with van der Waals surface area (Å²) in [6.45, 7) is 4.69. The van der Waals surface area contributed by atoms with Crippen molar-refractivity contribution < 1.29 is 9.59 Å². The maximum absolute atomic E-state index is 12.5. The van der Waals surface area contributed by atoms with E-state index in [1.165, 1.54) is 20.9 Å². The molecule has 0 saturated carbocycles. The van der Waals surface area contributed by atoms with E-state index in [-0.39, 0.29) is 18.0 Å². The maximum Gasteiger partial charge on any atom is 0.317 e. The Morgan fingerprint density at radius 3 is 2.81 bits per heavy atom. The minimum Gasteiger partial charge on any atom is -0.338 e. The molecule has 4 heterocycles. The minimum absolute atomic E-state index is 0.0686. The summed E-state index contributed by atoms with van der Waals surface area (Å²) in [7, 11) is 0. The standard InChI is InChI=1S/C19H23N3O2S2/c1-13-15-6-11-26-17(15)4-9-22(13)19(24)20-7-2-18(23)21-8-3-16-14(12-21)5-10-25-16/h5-6,10-11,13H,2-4,7-9,12H2,1H3,(H,20,24)/t13-/m1/s1. The second-order valence-electron chi connectivity index (χ2n) is 6.83. The van der Waals surface area contributed by atoms with Crippen LogP contribution < -0.4 is 5.32 Å². The first-order valence-electron chi connectivity index (χ1n) is 9.07. The van der Waals surface area contributed by atoms with Gasteiger partial charge in [-0.25, -0.2) is 4.79 Å². The summed E-state index contributed by atoms with van der Waals surface area (Å²) in [5, 5.41) is 7.13. The van der Waals surface area contributed by atoms with Crippen LogP contribution >= 0.6 is 22.7 Å². The number of thiophene rings is 2. The Morgan fingerprint density at radius 2 is 1.92 bits per heavy atom. The first-order valence-corrected chi connectivity index (χ1v) is 10.8. The van der Waals surface area contributed by atoms with Crippen LogP contribution in [0.3, 0.4) is 0 Å². The molecule has 0 aliphatic carbocycles. The molecule has 2 aromatic rings. The molecular formula is C19H23N3O2S2. The fraction of sp³-hybridized carbons (Fsp3) is 0.474. The molecule has 3 amide bonds. The first kappa shape index (κ1) is 17.5. The molecule has 1 atom stereocenters. The Labute approximate surface area is 161 Å². The van der Waals surface area contributed by atoms with Crippen molar-refractivity contribution in [3.05, 3.63) is 43.8 Å². The zero-order valence-corrected chi connectivity index (χ0v) is 16.5. The Balaban J connectivity index is 1.26. The van der Waals surface area contributed by atoms with Crippen LogP contribution in [0.25, 0.3) is 0 Å². The van der Waals surface area contributed by atoms with Gasteiger partial charge in [0.2, 0.25) is 5.91 Å². The number of hydrogen-bond acceptors (Lipinski definition) is 4. The number of carbonyl (C=O) groups excluding carboxylic acids is 2. The Hall–Kier alpha value is -1.86. The summed E-state index contributed by atoms with van der Waals surface area (Å²) in [5.41, 5.74) is 2.53. The molecule has 0 aromatic carbocycles. The number of nitrogens with zero attached hydrogens (tertiary/aromatic N) is 2. The van der Waals surface area contributed by atoms with Gasteiger partial charge in [-0.15, -0.1) is 22.7 Å². The fourth-order valence-corrected chi connectivity index (χ4v) is 5.64. The molecule has 0 radical (unpaired) electrons. The predicted octanol–water partition coefficient (Wildman–Crippen LogP) is 3.41. The van der Waals surface area contributed by atoms with E-state index in [9.17, 15) is 9.59 Å². The van der Waals surface area contributed by atoms with Crippen LogP contribution in [-0.4, -0.2) is 41.4 Å². The monoisotopic (exact) mass is 389 g/mol. The Kier molecular flexibility index (Phi) is 5.00. The quantitative estimate of drug-likeness (QED) is 0.875. The van der Waals surface area contributed by atoms with E-state index in [2.05, 4.69) is 35.1 Å². The van der Waals surface area contributed by atoms with Crippen molar-refractivity contribution >= 4 is 34.6 Å². The highest BCUT2D eigenvalue weighted by Gasteiger charge is 2.28. The van der Waals surface area contributed by atoms with Crippen LogP contribution in [0, 0.1) is 0 Å². The van der Waals surface area contributed by atoms with Crippen molar-refractivity contribution in [2.75, 3.05) is 19.6 Å². The van der Waals surface area contributed by atoms with Crippen LogP contribution in [0.1, 0.15) is 40.3 Å².